The van der Waals surface area contributed by atoms with Crippen molar-refractivity contribution in [3.63, 3.8) is 0 Å². The Morgan fingerprint density at radius 2 is 1.82 bits per heavy atom. The molecule has 0 aliphatic heterocycles. The first kappa shape index (κ1) is 27.0. The second-order valence-corrected chi connectivity index (χ2v) is 12.2. The monoisotopic (exact) mass is 543 g/mol. The SMILES string of the molecule is CC(c1ccccc1[C@@](C)(O)CO)[C@@H](SCC1CC1)c1cccc(/C=C/c2ccc3ccc(Cl)cc3n2)c1. The van der Waals surface area contributed by atoms with Gasteiger partial charge in [-0.15, -0.1) is 0 Å². The number of rotatable bonds is 10. The maximum Gasteiger partial charge on any atom is 0.110 e. The van der Waals surface area contributed by atoms with E-state index in [-0.39, 0.29) is 17.8 Å². The Labute approximate surface area is 234 Å². The van der Waals surface area contributed by atoms with Crippen LogP contribution in [0.25, 0.3) is 23.1 Å². The predicted molar refractivity (Wildman–Crippen MR) is 162 cm³/mol. The van der Waals surface area contributed by atoms with Crippen LogP contribution in [-0.4, -0.2) is 27.6 Å². The van der Waals surface area contributed by atoms with Crippen molar-refractivity contribution in [2.45, 2.75) is 43.5 Å². The van der Waals surface area contributed by atoms with Crippen molar-refractivity contribution in [2.24, 2.45) is 5.92 Å². The number of aliphatic hydroxyl groups excluding tert-OH is 1. The average Bonchev–Trinajstić information content (AvgIpc) is 3.76. The van der Waals surface area contributed by atoms with Crippen LogP contribution in [0, 0.1) is 5.92 Å². The van der Waals surface area contributed by atoms with Gasteiger partial charge in [-0.3, -0.25) is 0 Å². The van der Waals surface area contributed by atoms with Crippen molar-refractivity contribution in [3.05, 3.63) is 112 Å². The summed E-state index contributed by atoms with van der Waals surface area (Å²) in [6.07, 6.45) is 6.79. The largest absolute Gasteiger partial charge is 0.393 e. The fraction of sp³-hybridized carbons (Fsp3) is 0.303. The minimum atomic E-state index is -1.28. The Hall–Kier alpha value is -2.63. The van der Waals surface area contributed by atoms with Gasteiger partial charge in [0.1, 0.15) is 5.60 Å². The maximum absolute atomic E-state index is 10.9. The Kier molecular flexibility index (Phi) is 8.25. The molecule has 1 aliphatic rings. The van der Waals surface area contributed by atoms with Crippen molar-refractivity contribution in [1.82, 2.24) is 4.98 Å². The van der Waals surface area contributed by atoms with Crippen molar-refractivity contribution in [2.75, 3.05) is 12.4 Å². The van der Waals surface area contributed by atoms with Gasteiger partial charge in [-0.05, 0) is 83.9 Å². The van der Waals surface area contributed by atoms with E-state index in [0.717, 1.165) is 45.0 Å². The van der Waals surface area contributed by atoms with E-state index in [1.54, 1.807) is 6.92 Å². The molecule has 1 fully saturated rings. The average molecular weight is 544 g/mol. The topological polar surface area (TPSA) is 53.4 Å². The number of benzene rings is 3. The van der Waals surface area contributed by atoms with Crippen molar-refractivity contribution in [3.8, 4) is 0 Å². The number of hydrogen-bond acceptors (Lipinski definition) is 4. The van der Waals surface area contributed by atoms with E-state index in [2.05, 4.69) is 49.4 Å². The summed E-state index contributed by atoms with van der Waals surface area (Å²) in [5.41, 5.74) is 4.76. The number of hydrogen-bond donors (Lipinski definition) is 2. The van der Waals surface area contributed by atoms with Crippen LogP contribution in [0.5, 0.6) is 0 Å². The van der Waals surface area contributed by atoms with Crippen molar-refractivity contribution >= 4 is 46.4 Å². The zero-order chi connectivity index (χ0) is 26.7. The summed E-state index contributed by atoms with van der Waals surface area (Å²) in [6.45, 7) is 3.61. The van der Waals surface area contributed by atoms with Gasteiger partial charge in [-0.2, -0.15) is 11.8 Å². The van der Waals surface area contributed by atoms with Gasteiger partial charge in [0, 0.05) is 15.7 Å². The highest BCUT2D eigenvalue weighted by Crippen LogP contribution is 2.47. The molecule has 5 heteroatoms. The zero-order valence-electron chi connectivity index (χ0n) is 21.8. The molecule has 2 N–H and O–H groups in total. The summed E-state index contributed by atoms with van der Waals surface area (Å²) in [5, 5.41) is 22.8. The zero-order valence-corrected chi connectivity index (χ0v) is 23.4. The maximum atomic E-state index is 10.9. The Bertz CT molecular complexity index is 1450. The van der Waals surface area contributed by atoms with Gasteiger partial charge in [0.15, 0.2) is 0 Å². The molecule has 0 saturated heterocycles. The van der Waals surface area contributed by atoms with Crippen LogP contribution in [0.1, 0.15) is 65.8 Å². The summed E-state index contributed by atoms with van der Waals surface area (Å²) >= 11 is 8.17. The molecule has 4 aromatic rings. The quantitative estimate of drug-likeness (QED) is 0.211. The van der Waals surface area contributed by atoms with E-state index in [1.807, 2.05) is 60.3 Å². The lowest BCUT2D eigenvalue weighted by molar-refractivity contribution is -0.00321. The molecule has 1 saturated carbocycles. The Morgan fingerprint density at radius 3 is 2.61 bits per heavy atom. The molecule has 0 radical (unpaired) electrons. The molecule has 0 spiro atoms. The highest BCUT2D eigenvalue weighted by atomic mass is 35.5. The van der Waals surface area contributed by atoms with Gasteiger partial charge < -0.3 is 10.2 Å². The minimum absolute atomic E-state index is 0.152. The second-order valence-electron chi connectivity index (χ2n) is 10.6. The molecule has 1 unspecified atom stereocenters. The Balaban J connectivity index is 1.44. The molecule has 196 valence electrons. The standard InChI is InChI=1S/C33H34ClNO2S/c1-22(29-8-3-4-9-30(29)33(2,37)21-36)32(38-20-24-10-11-24)26-7-5-6-23(18-26)12-16-28-17-14-25-13-15-27(34)19-31(25)35-28/h3-9,12-19,22,24,32,36-37H,10-11,20-21H2,1-2H3/b16-12+/t22?,32-,33+/m1/s1. The van der Waals surface area contributed by atoms with E-state index in [0.29, 0.717) is 5.02 Å². The van der Waals surface area contributed by atoms with Gasteiger partial charge in [-0.25, -0.2) is 4.98 Å². The lowest BCUT2D eigenvalue weighted by Gasteiger charge is -2.31. The minimum Gasteiger partial charge on any atom is -0.393 e. The molecule has 0 amide bonds. The van der Waals surface area contributed by atoms with Gasteiger partial charge in [0.05, 0.1) is 17.8 Å². The fourth-order valence-corrected chi connectivity index (χ4v) is 6.66. The molecular formula is C33H34ClNO2S. The molecule has 3 aromatic carbocycles. The highest BCUT2D eigenvalue weighted by Gasteiger charge is 2.31. The van der Waals surface area contributed by atoms with Gasteiger partial charge in [-0.1, -0.05) is 85.3 Å². The first-order valence-corrected chi connectivity index (χ1v) is 14.7. The van der Waals surface area contributed by atoms with E-state index >= 15 is 0 Å². The summed E-state index contributed by atoms with van der Waals surface area (Å²) in [4.78, 5) is 4.75. The molecule has 0 bridgehead atoms. The first-order chi connectivity index (χ1) is 18.3. The van der Waals surface area contributed by atoms with E-state index in [9.17, 15) is 10.2 Å². The van der Waals surface area contributed by atoms with Crippen molar-refractivity contribution < 1.29 is 10.2 Å². The summed E-state index contributed by atoms with van der Waals surface area (Å²) in [6, 6.07) is 26.6. The normalized spacial score (nSPS) is 17.0. The van der Waals surface area contributed by atoms with Crippen molar-refractivity contribution in [1.29, 1.82) is 0 Å². The van der Waals surface area contributed by atoms with Gasteiger partial charge in [0.25, 0.3) is 0 Å². The summed E-state index contributed by atoms with van der Waals surface area (Å²) in [5.74, 6) is 2.09. The molecule has 1 heterocycles. The van der Waals surface area contributed by atoms with E-state index in [1.165, 1.54) is 18.4 Å². The summed E-state index contributed by atoms with van der Waals surface area (Å²) in [7, 11) is 0. The van der Waals surface area contributed by atoms with Gasteiger partial charge in [0.2, 0.25) is 0 Å². The number of halogens is 1. The van der Waals surface area contributed by atoms with Crippen LogP contribution in [0.15, 0.2) is 78.9 Å². The number of aromatic nitrogens is 1. The number of aliphatic hydroxyl groups is 2. The first-order valence-electron chi connectivity index (χ1n) is 13.2. The molecule has 5 rings (SSSR count). The van der Waals surface area contributed by atoms with Crippen LogP contribution in [0.4, 0.5) is 0 Å². The van der Waals surface area contributed by atoms with Gasteiger partial charge >= 0.3 is 0 Å². The third-order valence-corrected chi connectivity index (χ3v) is 9.30. The number of thioether (sulfide) groups is 1. The van der Waals surface area contributed by atoms with Crippen LogP contribution < -0.4 is 0 Å². The smallest absolute Gasteiger partial charge is 0.110 e. The molecule has 3 nitrogen and oxygen atoms in total. The molecule has 3 atom stereocenters. The number of fused-ring (bicyclic) bond motifs is 1. The second kappa shape index (κ2) is 11.6. The Morgan fingerprint density at radius 1 is 1.03 bits per heavy atom. The van der Waals surface area contributed by atoms with Crippen LogP contribution in [-0.2, 0) is 5.60 Å². The van der Waals surface area contributed by atoms with Crippen LogP contribution in [0.3, 0.4) is 0 Å². The van der Waals surface area contributed by atoms with Crippen LogP contribution in [0.2, 0.25) is 5.02 Å². The highest BCUT2D eigenvalue weighted by molar-refractivity contribution is 7.99. The van der Waals surface area contributed by atoms with E-state index in [4.69, 9.17) is 16.6 Å². The summed E-state index contributed by atoms with van der Waals surface area (Å²) < 4.78 is 0. The van der Waals surface area contributed by atoms with E-state index < -0.39 is 5.60 Å². The molecule has 1 aliphatic carbocycles. The number of pyridine rings is 1. The van der Waals surface area contributed by atoms with Crippen LogP contribution >= 0.6 is 23.4 Å². The predicted octanol–water partition coefficient (Wildman–Crippen LogP) is 8.25. The molecule has 38 heavy (non-hydrogen) atoms. The fourth-order valence-electron chi connectivity index (χ4n) is 4.91. The molecule has 1 aromatic heterocycles. The third-order valence-electron chi connectivity index (χ3n) is 7.36. The lowest BCUT2D eigenvalue weighted by atomic mass is 9.83. The number of nitrogens with zero attached hydrogens (tertiary/aromatic N) is 1. The third kappa shape index (κ3) is 6.32. The lowest BCUT2D eigenvalue weighted by Crippen LogP contribution is -2.28. The molecular weight excluding hydrogens is 510 g/mol.